The van der Waals surface area contributed by atoms with Crippen molar-refractivity contribution in [1.29, 1.82) is 5.26 Å². The molecule has 0 atom stereocenters. The number of nitrogens with zero attached hydrogens (tertiary/aromatic N) is 1. The molecule has 0 saturated heterocycles. The van der Waals surface area contributed by atoms with Crippen molar-refractivity contribution < 1.29 is 13.9 Å². The van der Waals surface area contributed by atoms with Gasteiger partial charge in [0.1, 0.15) is 29.8 Å². The number of nitrogens with one attached hydrogen (secondary N) is 2. The molecule has 1 heterocycles. The predicted molar refractivity (Wildman–Crippen MR) is 126 cm³/mol. The van der Waals surface area contributed by atoms with Crippen LogP contribution in [0, 0.1) is 17.1 Å². The summed E-state index contributed by atoms with van der Waals surface area (Å²) in [6, 6.07) is 23.3. The van der Waals surface area contributed by atoms with Gasteiger partial charge in [-0.2, -0.15) is 5.26 Å². The summed E-state index contributed by atoms with van der Waals surface area (Å²) in [5, 5.41) is 13.4. The number of carbonyl (C=O) groups is 1. The summed E-state index contributed by atoms with van der Waals surface area (Å²) in [6.45, 7) is 0.534. The van der Waals surface area contributed by atoms with Crippen molar-refractivity contribution in [3.05, 3.63) is 107 Å². The number of amides is 1. The molecule has 0 spiro atoms. The monoisotopic (exact) mass is 439 g/mol. The number of hydrogen-bond acceptors (Lipinski definition) is 3. The summed E-state index contributed by atoms with van der Waals surface area (Å²) in [5.74, 6) is -0.166. The Morgan fingerprint density at radius 3 is 2.58 bits per heavy atom. The van der Waals surface area contributed by atoms with Gasteiger partial charge in [0.15, 0.2) is 0 Å². The fourth-order valence-corrected chi connectivity index (χ4v) is 3.50. The first-order chi connectivity index (χ1) is 16.1. The standard InChI is InChI=1S/C27H22FN3O2/c28-25-7-3-1-5-21(25)18-33-23-11-9-19(10-12-23)15-22(16-29)27(32)30-14-13-20-17-31-26-8-4-2-6-24(20)26/h1-12,15,17,31H,13-14,18H2,(H,30,32)/b22-15-. The number of nitriles is 1. The Hall–Kier alpha value is -4.37. The maximum atomic E-state index is 13.7. The van der Waals surface area contributed by atoms with Crippen molar-refractivity contribution in [1.82, 2.24) is 10.3 Å². The van der Waals surface area contributed by atoms with Crippen LogP contribution in [0.3, 0.4) is 0 Å². The molecule has 2 N–H and O–H groups in total. The molecule has 1 aromatic heterocycles. The lowest BCUT2D eigenvalue weighted by atomic mass is 10.1. The molecule has 0 bridgehead atoms. The zero-order valence-electron chi connectivity index (χ0n) is 17.8. The number of benzene rings is 3. The third kappa shape index (κ3) is 5.46. The van der Waals surface area contributed by atoms with Crippen LogP contribution in [0.15, 0.2) is 84.6 Å². The van der Waals surface area contributed by atoms with Crippen LogP contribution >= 0.6 is 0 Å². The van der Waals surface area contributed by atoms with E-state index in [-0.39, 0.29) is 18.0 Å². The first kappa shape index (κ1) is 21.8. The number of fused-ring (bicyclic) bond motifs is 1. The topological polar surface area (TPSA) is 77.9 Å². The third-order valence-corrected chi connectivity index (χ3v) is 5.26. The van der Waals surface area contributed by atoms with E-state index in [1.165, 1.54) is 12.1 Å². The Morgan fingerprint density at radius 2 is 1.79 bits per heavy atom. The second-order valence-corrected chi connectivity index (χ2v) is 7.48. The summed E-state index contributed by atoms with van der Waals surface area (Å²) in [6.07, 6.45) is 4.12. The largest absolute Gasteiger partial charge is 0.489 e. The van der Waals surface area contributed by atoms with Crippen LogP contribution in [0.4, 0.5) is 4.39 Å². The van der Waals surface area contributed by atoms with Gasteiger partial charge in [0.2, 0.25) is 0 Å². The number of halogens is 1. The molecule has 3 aromatic carbocycles. The SMILES string of the molecule is N#C/C(=C/c1ccc(OCc2ccccc2F)cc1)C(=O)NCCc1c[nH]c2ccccc12. The smallest absolute Gasteiger partial charge is 0.261 e. The average Bonchev–Trinajstić information content (AvgIpc) is 3.26. The van der Waals surface area contributed by atoms with E-state index in [9.17, 15) is 14.4 Å². The van der Waals surface area contributed by atoms with Gasteiger partial charge in [-0.25, -0.2) is 4.39 Å². The molecule has 0 aliphatic carbocycles. The van der Waals surface area contributed by atoms with Crippen LogP contribution in [-0.2, 0) is 17.8 Å². The van der Waals surface area contributed by atoms with Crippen LogP contribution in [0.5, 0.6) is 5.75 Å². The van der Waals surface area contributed by atoms with Gasteiger partial charge in [0, 0.05) is 29.2 Å². The number of rotatable bonds is 8. The highest BCUT2D eigenvalue weighted by atomic mass is 19.1. The van der Waals surface area contributed by atoms with E-state index in [0.717, 1.165) is 16.5 Å². The van der Waals surface area contributed by atoms with Crippen molar-refractivity contribution in [2.24, 2.45) is 0 Å². The second kappa shape index (κ2) is 10.3. The number of aromatic amines is 1. The summed E-state index contributed by atoms with van der Waals surface area (Å²) in [4.78, 5) is 15.7. The molecule has 4 aromatic rings. The molecule has 0 saturated carbocycles. The van der Waals surface area contributed by atoms with Gasteiger partial charge in [0.25, 0.3) is 5.91 Å². The molecule has 164 valence electrons. The molecular weight excluding hydrogens is 417 g/mol. The van der Waals surface area contributed by atoms with Crippen LogP contribution in [0.25, 0.3) is 17.0 Å². The lowest BCUT2D eigenvalue weighted by molar-refractivity contribution is -0.117. The Bertz CT molecular complexity index is 1330. The number of H-pyrrole nitrogens is 1. The van der Waals surface area contributed by atoms with Crippen molar-refractivity contribution >= 4 is 22.9 Å². The van der Waals surface area contributed by atoms with E-state index in [4.69, 9.17) is 4.74 Å². The highest BCUT2D eigenvalue weighted by molar-refractivity contribution is 6.01. The maximum Gasteiger partial charge on any atom is 0.261 e. The van der Waals surface area contributed by atoms with E-state index in [0.29, 0.717) is 29.8 Å². The maximum absolute atomic E-state index is 13.7. The minimum absolute atomic E-state index is 0.0222. The molecule has 0 aliphatic rings. The van der Waals surface area contributed by atoms with Crippen LogP contribution in [0.2, 0.25) is 0 Å². The number of para-hydroxylation sites is 1. The van der Waals surface area contributed by atoms with Crippen LogP contribution < -0.4 is 10.1 Å². The quantitative estimate of drug-likeness (QED) is 0.294. The normalized spacial score (nSPS) is 11.2. The molecule has 33 heavy (non-hydrogen) atoms. The lowest BCUT2D eigenvalue weighted by Gasteiger charge is -2.07. The van der Waals surface area contributed by atoms with Crippen molar-refractivity contribution in [3.8, 4) is 11.8 Å². The second-order valence-electron chi connectivity index (χ2n) is 7.48. The number of aromatic nitrogens is 1. The Morgan fingerprint density at radius 1 is 1.03 bits per heavy atom. The van der Waals surface area contributed by atoms with E-state index >= 15 is 0 Å². The molecular formula is C27H22FN3O2. The van der Waals surface area contributed by atoms with E-state index in [1.54, 1.807) is 42.5 Å². The fraction of sp³-hybridized carbons (Fsp3) is 0.111. The summed E-state index contributed by atoms with van der Waals surface area (Å²) < 4.78 is 19.3. The summed E-state index contributed by atoms with van der Waals surface area (Å²) >= 11 is 0. The van der Waals surface area contributed by atoms with Gasteiger partial charge < -0.3 is 15.0 Å². The predicted octanol–water partition coefficient (Wildman–Crippen LogP) is 5.15. The first-order valence-electron chi connectivity index (χ1n) is 10.6. The highest BCUT2D eigenvalue weighted by Gasteiger charge is 2.10. The molecule has 0 unspecified atom stereocenters. The number of carbonyl (C=O) groups excluding carboxylic acids is 1. The van der Waals surface area contributed by atoms with Gasteiger partial charge >= 0.3 is 0 Å². The van der Waals surface area contributed by atoms with Gasteiger partial charge in [-0.15, -0.1) is 0 Å². The van der Waals surface area contributed by atoms with Crippen LogP contribution in [0.1, 0.15) is 16.7 Å². The van der Waals surface area contributed by atoms with Crippen molar-refractivity contribution in [3.63, 3.8) is 0 Å². The van der Waals surface area contributed by atoms with E-state index in [2.05, 4.69) is 10.3 Å². The molecule has 0 aliphatic heterocycles. The highest BCUT2D eigenvalue weighted by Crippen LogP contribution is 2.19. The van der Waals surface area contributed by atoms with Gasteiger partial charge in [-0.3, -0.25) is 4.79 Å². The molecule has 5 nitrogen and oxygen atoms in total. The number of ether oxygens (including phenoxy) is 1. The minimum atomic E-state index is -0.419. The van der Waals surface area contributed by atoms with Gasteiger partial charge in [0.05, 0.1) is 0 Å². The zero-order valence-corrected chi connectivity index (χ0v) is 17.8. The lowest BCUT2D eigenvalue weighted by Crippen LogP contribution is -2.26. The van der Waals surface area contributed by atoms with Gasteiger partial charge in [-0.1, -0.05) is 48.5 Å². The van der Waals surface area contributed by atoms with Crippen LogP contribution in [-0.4, -0.2) is 17.4 Å². The molecule has 0 fully saturated rings. The Labute approximate surface area is 191 Å². The van der Waals surface area contributed by atoms with E-state index in [1.807, 2.05) is 36.5 Å². The molecule has 6 heteroatoms. The average molecular weight is 439 g/mol. The molecule has 1 amide bonds. The van der Waals surface area contributed by atoms with E-state index < -0.39 is 5.91 Å². The fourth-order valence-electron chi connectivity index (χ4n) is 3.50. The number of hydrogen-bond donors (Lipinski definition) is 2. The van der Waals surface area contributed by atoms with Gasteiger partial charge in [-0.05, 0) is 47.9 Å². The zero-order chi connectivity index (χ0) is 23.0. The Balaban J connectivity index is 1.33. The summed E-state index contributed by atoms with van der Waals surface area (Å²) in [5.41, 5.74) is 3.35. The first-order valence-corrected chi connectivity index (χ1v) is 10.6. The molecule has 0 radical (unpaired) electrons. The minimum Gasteiger partial charge on any atom is -0.489 e. The van der Waals surface area contributed by atoms with Crippen molar-refractivity contribution in [2.45, 2.75) is 13.0 Å². The Kier molecular flexibility index (Phi) is 6.81. The third-order valence-electron chi connectivity index (χ3n) is 5.26. The molecule has 4 rings (SSSR count). The summed E-state index contributed by atoms with van der Waals surface area (Å²) in [7, 11) is 0. The van der Waals surface area contributed by atoms with Crippen molar-refractivity contribution in [2.75, 3.05) is 6.54 Å².